The third-order valence-corrected chi connectivity index (χ3v) is 3.18. The van der Waals surface area contributed by atoms with Gasteiger partial charge in [0.2, 0.25) is 0 Å². The van der Waals surface area contributed by atoms with Gasteiger partial charge < -0.3 is 0 Å². The van der Waals surface area contributed by atoms with E-state index >= 15 is 0 Å². The third-order valence-electron chi connectivity index (χ3n) is 2.47. The van der Waals surface area contributed by atoms with Gasteiger partial charge in [-0.2, -0.15) is 8.42 Å². The minimum absolute atomic E-state index is 0.0322. The quantitative estimate of drug-likeness (QED) is 0.744. The fraction of sp³-hybridized carbons (Fsp3) is 0.778. The van der Waals surface area contributed by atoms with Crippen molar-refractivity contribution >= 4 is 10.2 Å². The Morgan fingerprint density at radius 2 is 1.88 bits per heavy atom. The van der Waals surface area contributed by atoms with E-state index < -0.39 is 15.4 Å². The van der Waals surface area contributed by atoms with Gasteiger partial charge in [-0.25, -0.2) is 0 Å². The molecule has 16 heavy (non-hydrogen) atoms. The molecule has 0 amide bonds. The van der Waals surface area contributed by atoms with Crippen molar-refractivity contribution in [1.82, 2.24) is 14.8 Å². The van der Waals surface area contributed by atoms with Crippen molar-refractivity contribution in [1.29, 1.82) is 0 Å². The lowest BCUT2D eigenvalue weighted by Crippen LogP contribution is -2.20. The number of halogens is 1. The monoisotopic (exact) mass is 247 g/mol. The molecule has 0 atom stereocenters. The van der Waals surface area contributed by atoms with Crippen molar-refractivity contribution < 1.29 is 12.3 Å². The summed E-state index contributed by atoms with van der Waals surface area (Å²) in [4.78, 5) is 0. The van der Waals surface area contributed by atoms with Crippen molar-refractivity contribution in [3.05, 3.63) is 5.82 Å². The van der Waals surface area contributed by atoms with Gasteiger partial charge in [-0.15, -0.1) is 10.2 Å². The van der Waals surface area contributed by atoms with E-state index in [0.29, 0.717) is 5.82 Å². The molecule has 2 rings (SSSR count). The summed E-state index contributed by atoms with van der Waals surface area (Å²) >= 11 is 0. The van der Waals surface area contributed by atoms with Crippen molar-refractivity contribution in [3.8, 4) is 0 Å². The Morgan fingerprint density at radius 1 is 1.31 bits per heavy atom. The van der Waals surface area contributed by atoms with E-state index in [1.165, 1.54) is 4.57 Å². The summed E-state index contributed by atoms with van der Waals surface area (Å²) in [7, 11) is -4.79. The first-order valence-electron chi connectivity index (χ1n) is 5.11. The molecule has 1 aliphatic rings. The summed E-state index contributed by atoms with van der Waals surface area (Å²) in [6.07, 6.45) is 1.70. The first-order chi connectivity index (χ1) is 7.21. The molecule has 1 heterocycles. The molecule has 1 aromatic rings. The van der Waals surface area contributed by atoms with Crippen LogP contribution in [0.5, 0.6) is 0 Å². The number of nitrogens with zero attached hydrogens (tertiary/aromatic N) is 3. The lowest BCUT2D eigenvalue weighted by Gasteiger charge is -2.18. The molecule has 0 N–H and O–H groups in total. The molecule has 7 heteroatoms. The highest BCUT2D eigenvalue weighted by atomic mass is 32.3. The summed E-state index contributed by atoms with van der Waals surface area (Å²) in [5.74, 6) is 0.520. The maximum absolute atomic E-state index is 13.0. The maximum Gasteiger partial charge on any atom is 0.368 e. The molecule has 1 aromatic heterocycles. The molecule has 0 radical (unpaired) electrons. The van der Waals surface area contributed by atoms with Gasteiger partial charge in [-0.05, 0) is 12.8 Å². The van der Waals surface area contributed by atoms with Crippen LogP contribution < -0.4 is 0 Å². The van der Waals surface area contributed by atoms with Crippen molar-refractivity contribution in [2.45, 2.75) is 50.2 Å². The average Bonchev–Trinajstić information content (AvgIpc) is 2.79. The number of aromatic nitrogens is 3. The van der Waals surface area contributed by atoms with Gasteiger partial charge in [-0.1, -0.05) is 24.7 Å². The minimum atomic E-state index is -4.79. The van der Waals surface area contributed by atoms with Gasteiger partial charge in [0.25, 0.3) is 5.16 Å². The molecule has 90 valence electrons. The van der Waals surface area contributed by atoms with E-state index in [2.05, 4.69) is 10.2 Å². The Bertz CT molecular complexity index is 511. The first kappa shape index (κ1) is 11.5. The maximum atomic E-state index is 13.0. The van der Waals surface area contributed by atoms with Crippen molar-refractivity contribution in [2.24, 2.45) is 0 Å². The Balaban J connectivity index is 2.62. The summed E-state index contributed by atoms with van der Waals surface area (Å²) in [6.45, 7) is 5.68. The van der Waals surface area contributed by atoms with Gasteiger partial charge in [0.1, 0.15) is 5.82 Å². The van der Waals surface area contributed by atoms with Crippen LogP contribution in [0.2, 0.25) is 0 Å². The highest BCUT2D eigenvalue weighted by Gasteiger charge is 2.37. The van der Waals surface area contributed by atoms with Gasteiger partial charge in [0.15, 0.2) is 0 Å². The van der Waals surface area contributed by atoms with E-state index in [9.17, 15) is 12.3 Å². The second-order valence-electron chi connectivity index (χ2n) is 5.10. The molecule has 1 saturated carbocycles. The zero-order valence-corrected chi connectivity index (χ0v) is 10.3. The second kappa shape index (κ2) is 3.26. The SMILES string of the molecule is CC(C)(C)c1nnc(S(=O)(=O)F)n1C1CC1. The number of hydrogen-bond donors (Lipinski definition) is 0. The molecule has 0 bridgehead atoms. The zero-order chi connectivity index (χ0) is 12.1. The van der Waals surface area contributed by atoms with Crippen LogP contribution in [0.4, 0.5) is 3.89 Å². The Labute approximate surface area is 93.9 Å². The fourth-order valence-corrected chi connectivity index (χ4v) is 2.23. The van der Waals surface area contributed by atoms with E-state index in [4.69, 9.17) is 0 Å². The van der Waals surface area contributed by atoms with Crippen LogP contribution >= 0.6 is 0 Å². The van der Waals surface area contributed by atoms with Gasteiger partial charge in [0.05, 0.1) is 0 Å². The van der Waals surface area contributed by atoms with Crippen molar-refractivity contribution in [2.75, 3.05) is 0 Å². The molecule has 5 nitrogen and oxygen atoms in total. The Kier molecular flexibility index (Phi) is 2.34. The second-order valence-corrected chi connectivity index (χ2v) is 6.34. The van der Waals surface area contributed by atoms with Crippen LogP contribution in [0.15, 0.2) is 5.16 Å². The molecule has 0 spiro atoms. The molecule has 0 saturated heterocycles. The zero-order valence-electron chi connectivity index (χ0n) is 9.44. The van der Waals surface area contributed by atoms with Gasteiger partial charge in [-0.3, -0.25) is 4.57 Å². The Hall–Kier alpha value is -0.980. The predicted molar refractivity (Wildman–Crippen MR) is 55.3 cm³/mol. The van der Waals surface area contributed by atoms with Crippen LogP contribution in [-0.2, 0) is 15.6 Å². The largest absolute Gasteiger partial charge is 0.368 e. The van der Waals surface area contributed by atoms with E-state index in [0.717, 1.165) is 12.8 Å². The molecular formula is C9H14FN3O2S. The van der Waals surface area contributed by atoms with Crippen LogP contribution in [-0.4, -0.2) is 23.2 Å². The molecule has 0 aromatic carbocycles. The summed E-state index contributed by atoms with van der Waals surface area (Å²) < 4.78 is 36.3. The summed E-state index contributed by atoms with van der Waals surface area (Å²) in [5, 5.41) is 6.72. The highest BCUT2D eigenvalue weighted by molar-refractivity contribution is 7.86. The molecule has 1 aliphatic carbocycles. The van der Waals surface area contributed by atoms with Crippen LogP contribution in [0, 0.1) is 0 Å². The highest BCUT2D eigenvalue weighted by Crippen LogP contribution is 2.40. The lowest BCUT2D eigenvalue weighted by molar-refractivity contribution is 0.475. The van der Waals surface area contributed by atoms with Crippen LogP contribution in [0.1, 0.15) is 45.5 Å². The molecule has 0 aliphatic heterocycles. The summed E-state index contributed by atoms with van der Waals surface area (Å²) in [6, 6.07) is 0.0322. The predicted octanol–water partition coefficient (Wildman–Crippen LogP) is 1.57. The first-order valence-corrected chi connectivity index (χ1v) is 6.49. The topological polar surface area (TPSA) is 64.8 Å². The van der Waals surface area contributed by atoms with E-state index in [-0.39, 0.29) is 11.5 Å². The lowest BCUT2D eigenvalue weighted by atomic mass is 9.96. The third kappa shape index (κ3) is 1.95. The van der Waals surface area contributed by atoms with Gasteiger partial charge >= 0.3 is 10.2 Å². The smallest absolute Gasteiger partial charge is 0.296 e. The van der Waals surface area contributed by atoms with Gasteiger partial charge in [0, 0.05) is 11.5 Å². The minimum Gasteiger partial charge on any atom is -0.296 e. The molecule has 0 unspecified atom stereocenters. The van der Waals surface area contributed by atoms with Crippen molar-refractivity contribution in [3.63, 3.8) is 0 Å². The normalized spacial score (nSPS) is 17.8. The van der Waals surface area contributed by atoms with Crippen LogP contribution in [0.3, 0.4) is 0 Å². The fourth-order valence-electron chi connectivity index (χ4n) is 1.62. The number of rotatable bonds is 2. The standard InChI is InChI=1S/C9H14FN3O2S/c1-9(2,3)7-11-12-8(16(10,14)15)13(7)6-4-5-6/h6H,4-5H2,1-3H3. The summed E-state index contributed by atoms with van der Waals surface area (Å²) in [5.41, 5.74) is -0.349. The van der Waals surface area contributed by atoms with E-state index in [1.807, 2.05) is 20.8 Å². The van der Waals surface area contributed by atoms with Crippen LogP contribution in [0.25, 0.3) is 0 Å². The molecule has 1 fully saturated rings. The number of hydrogen-bond acceptors (Lipinski definition) is 4. The Morgan fingerprint density at radius 3 is 2.25 bits per heavy atom. The average molecular weight is 247 g/mol. The molecular weight excluding hydrogens is 233 g/mol. The van der Waals surface area contributed by atoms with E-state index in [1.54, 1.807) is 0 Å².